The predicted octanol–water partition coefficient (Wildman–Crippen LogP) is 1.78. The van der Waals surface area contributed by atoms with Crippen LogP contribution in [0.25, 0.3) is 0 Å². The zero-order valence-corrected chi connectivity index (χ0v) is 11.0. The fourth-order valence-corrected chi connectivity index (χ4v) is 1.89. The zero-order chi connectivity index (χ0) is 14.3. The van der Waals surface area contributed by atoms with Gasteiger partial charge in [-0.05, 0) is 30.3 Å². The summed E-state index contributed by atoms with van der Waals surface area (Å²) in [5.74, 6) is -1.68. The van der Waals surface area contributed by atoms with Crippen molar-refractivity contribution in [2.24, 2.45) is 0 Å². The Labute approximate surface area is 114 Å². The van der Waals surface area contributed by atoms with E-state index >= 15 is 0 Å². The number of carboxylic acids is 1. The Bertz CT molecular complexity index is 504. The van der Waals surface area contributed by atoms with Gasteiger partial charge in [0.25, 0.3) is 0 Å². The third-order valence-electron chi connectivity index (χ3n) is 2.10. The summed E-state index contributed by atoms with van der Waals surface area (Å²) in [5.41, 5.74) is 0.389. The zero-order valence-electron chi connectivity index (χ0n) is 10.2. The number of carbonyl (C=O) groups excluding carboxylic acids is 2. The predicted molar refractivity (Wildman–Crippen MR) is 70.3 cm³/mol. The highest BCUT2D eigenvalue weighted by Crippen LogP contribution is 2.18. The molecule has 0 saturated heterocycles. The first-order chi connectivity index (χ1) is 9.02. The Kier molecular flexibility index (Phi) is 5.81. The third kappa shape index (κ3) is 5.39. The number of hydrogen-bond acceptors (Lipinski definition) is 5. The van der Waals surface area contributed by atoms with Gasteiger partial charge in [-0.2, -0.15) is 0 Å². The molecule has 0 aliphatic rings. The Morgan fingerprint density at radius 3 is 2.37 bits per heavy atom. The molecule has 0 aromatic heterocycles. The molecule has 0 bridgehead atoms. The van der Waals surface area contributed by atoms with Crippen molar-refractivity contribution in [1.29, 1.82) is 0 Å². The third-order valence-corrected chi connectivity index (χ3v) is 3.09. The van der Waals surface area contributed by atoms with Crippen LogP contribution in [0.3, 0.4) is 0 Å². The number of allylic oxidation sites excluding steroid dienone is 1. The van der Waals surface area contributed by atoms with Gasteiger partial charge in [-0.25, -0.2) is 4.79 Å². The fraction of sp³-hybridized carbons (Fsp3) is 0.154. The highest BCUT2D eigenvalue weighted by atomic mass is 32.2. The maximum atomic E-state index is 11.5. The van der Waals surface area contributed by atoms with Crippen LogP contribution in [-0.2, 0) is 14.3 Å². The minimum atomic E-state index is -1.17. The van der Waals surface area contributed by atoms with Crippen molar-refractivity contribution < 1.29 is 24.2 Å². The van der Waals surface area contributed by atoms with Gasteiger partial charge in [-0.3, -0.25) is 9.59 Å². The second kappa shape index (κ2) is 7.38. The minimum absolute atomic E-state index is 0.197. The van der Waals surface area contributed by atoms with Crippen LogP contribution < -0.4 is 0 Å². The quantitative estimate of drug-likeness (QED) is 0.370. The topological polar surface area (TPSA) is 80.7 Å². The van der Waals surface area contributed by atoms with Gasteiger partial charge in [0.1, 0.15) is 0 Å². The molecule has 0 aliphatic carbocycles. The summed E-state index contributed by atoms with van der Waals surface area (Å²) in [4.78, 5) is 33.6. The molecule has 0 radical (unpaired) electrons. The van der Waals surface area contributed by atoms with Crippen molar-refractivity contribution >= 4 is 29.5 Å². The molecule has 6 heteroatoms. The van der Waals surface area contributed by atoms with Crippen molar-refractivity contribution in [2.75, 3.05) is 12.9 Å². The largest absolute Gasteiger partial charge is 0.478 e. The molecule has 1 N–H and O–H groups in total. The van der Waals surface area contributed by atoms with Gasteiger partial charge >= 0.3 is 11.9 Å². The van der Waals surface area contributed by atoms with E-state index in [0.717, 1.165) is 17.0 Å². The standard InChI is InChI=1S/C13H12O5S/c1-18-13(17)8-19-10-4-2-9(3-5-10)11(14)6-7-12(15)16/h2-7H,8H2,1H3,(H,15,16)/b7-6+. The van der Waals surface area contributed by atoms with Gasteiger partial charge in [0.15, 0.2) is 5.78 Å². The lowest BCUT2D eigenvalue weighted by Crippen LogP contribution is -2.02. The van der Waals surface area contributed by atoms with E-state index in [4.69, 9.17) is 5.11 Å². The fourth-order valence-electron chi connectivity index (χ4n) is 1.16. The summed E-state index contributed by atoms with van der Waals surface area (Å²) >= 11 is 1.29. The van der Waals surface area contributed by atoms with Crippen LogP contribution in [0.15, 0.2) is 41.3 Å². The smallest absolute Gasteiger partial charge is 0.328 e. The summed E-state index contributed by atoms with van der Waals surface area (Å²) in [6.07, 6.45) is 1.79. The average molecular weight is 280 g/mol. The molecule has 0 unspecified atom stereocenters. The molecule has 19 heavy (non-hydrogen) atoms. The Morgan fingerprint density at radius 2 is 1.84 bits per heavy atom. The van der Waals surface area contributed by atoms with Crippen LogP contribution in [-0.4, -0.2) is 35.7 Å². The van der Waals surface area contributed by atoms with Crippen LogP contribution in [0, 0.1) is 0 Å². The highest BCUT2D eigenvalue weighted by Gasteiger charge is 2.05. The van der Waals surface area contributed by atoms with Crippen molar-refractivity contribution in [2.45, 2.75) is 4.90 Å². The molecule has 1 aromatic rings. The average Bonchev–Trinajstić information content (AvgIpc) is 2.42. The monoisotopic (exact) mass is 280 g/mol. The molecule has 1 aromatic carbocycles. The van der Waals surface area contributed by atoms with Gasteiger partial charge in [0, 0.05) is 16.5 Å². The van der Waals surface area contributed by atoms with Crippen molar-refractivity contribution in [3.05, 3.63) is 42.0 Å². The van der Waals surface area contributed by atoms with Crippen LogP contribution in [0.4, 0.5) is 0 Å². The number of esters is 1. The maximum Gasteiger partial charge on any atom is 0.328 e. The van der Waals surface area contributed by atoms with E-state index in [0.29, 0.717) is 5.56 Å². The van der Waals surface area contributed by atoms with Gasteiger partial charge in [0.05, 0.1) is 12.9 Å². The molecule has 0 amide bonds. The molecule has 100 valence electrons. The molecule has 1 rings (SSSR count). The molecule has 0 heterocycles. The number of thioether (sulfide) groups is 1. The van der Waals surface area contributed by atoms with E-state index < -0.39 is 5.97 Å². The molecule has 0 aliphatic heterocycles. The molecule has 0 atom stereocenters. The van der Waals surface area contributed by atoms with Gasteiger partial charge in [-0.1, -0.05) is 0 Å². The Morgan fingerprint density at radius 1 is 1.21 bits per heavy atom. The number of ether oxygens (including phenoxy) is 1. The molecular formula is C13H12O5S. The lowest BCUT2D eigenvalue weighted by Gasteiger charge is -2.01. The van der Waals surface area contributed by atoms with E-state index in [2.05, 4.69) is 4.74 Å². The van der Waals surface area contributed by atoms with Gasteiger partial charge in [-0.15, -0.1) is 11.8 Å². The van der Waals surface area contributed by atoms with Gasteiger partial charge in [0.2, 0.25) is 0 Å². The second-order valence-electron chi connectivity index (χ2n) is 3.43. The summed E-state index contributed by atoms with van der Waals surface area (Å²) in [5, 5.41) is 8.41. The van der Waals surface area contributed by atoms with Gasteiger partial charge < -0.3 is 9.84 Å². The van der Waals surface area contributed by atoms with Crippen molar-refractivity contribution in [3.8, 4) is 0 Å². The lowest BCUT2D eigenvalue weighted by molar-refractivity contribution is -0.137. The summed E-state index contributed by atoms with van der Waals surface area (Å²) in [6.45, 7) is 0. The van der Waals surface area contributed by atoms with E-state index in [1.807, 2.05) is 0 Å². The number of ketones is 1. The van der Waals surface area contributed by atoms with Crippen molar-refractivity contribution in [3.63, 3.8) is 0 Å². The number of rotatable bonds is 6. The summed E-state index contributed by atoms with van der Waals surface area (Å²) in [6, 6.07) is 6.53. The second-order valence-corrected chi connectivity index (χ2v) is 4.47. The van der Waals surface area contributed by atoms with Crippen LogP contribution in [0.2, 0.25) is 0 Å². The van der Waals surface area contributed by atoms with Crippen LogP contribution in [0.5, 0.6) is 0 Å². The van der Waals surface area contributed by atoms with E-state index in [1.54, 1.807) is 24.3 Å². The molecule has 0 fully saturated rings. The SMILES string of the molecule is COC(=O)CSc1ccc(C(=O)/C=C/C(=O)O)cc1. The number of benzene rings is 1. The summed E-state index contributed by atoms with van der Waals surface area (Å²) < 4.78 is 4.51. The molecule has 5 nitrogen and oxygen atoms in total. The number of aliphatic carboxylic acids is 1. The first-order valence-corrected chi connectivity index (χ1v) is 6.26. The number of carbonyl (C=O) groups is 3. The first-order valence-electron chi connectivity index (χ1n) is 5.28. The van der Waals surface area contributed by atoms with E-state index in [1.165, 1.54) is 18.9 Å². The molecule has 0 saturated carbocycles. The van der Waals surface area contributed by atoms with E-state index in [-0.39, 0.29) is 17.5 Å². The maximum absolute atomic E-state index is 11.5. The van der Waals surface area contributed by atoms with Crippen LogP contribution >= 0.6 is 11.8 Å². The normalized spacial score (nSPS) is 10.4. The Hall–Kier alpha value is -2.08. The molecular weight excluding hydrogens is 268 g/mol. The first kappa shape index (κ1) is 15.0. The number of methoxy groups -OCH3 is 1. The molecule has 0 spiro atoms. The summed E-state index contributed by atoms with van der Waals surface area (Å²) in [7, 11) is 1.32. The van der Waals surface area contributed by atoms with Crippen molar-refractivity contribution in [1.82, 2.24) is 0 Å². The minimum Gasteiger partial charge on any atom is -0.478 e. The number of hydrogen-bond donors (Lipinski definition) is 1. The number of carboxylic acid groups (broad SMARTS) is 1. The lowest BCUT2D eigenvalue weighted by atomic mass is 10.1. The highest BCUT2D eigenvalue weighted by molar-refractivity contribution is 8.00. The van der Waals surface area contributed by atoms with E-state index in [9.17, 15) is 14.4 Å². The van der Waals surface area contributed by atoms with Crippen LogP contribution in [0.1, 0.15) is 10.4 Å². The Balaban J connectivity index is 2.63.